The molecule has 0 aromatic carbocycles. The SMILES string of the molecule is CCCCCCCCCCCCCCCCCC(=O)O[Si](C)(C)C(C)C. The van der Waals surface area contributed by atoms with Gasteiger partial charge in [-0.25, -0.2) is 0 Å². The monoisotopic (exact) mass is 384 g/mol. The Morgan fingerprint density at radius 3 is 1.38 bits per heavy atom. The largest absolute Gasteiger partial charge is 0.519 e. The Labute approximate surface area is 166 Å². The summed E-state index contributed by atoms with van der Waals surface area (Å²) in [5, 5.41) is 0. The Morgan fingerprint density at radius 1 is 0.692 bits per heavy atom. The van der Waals surface area contributed by atoms with E-state index in [9.17, 15) is 4.79 Å². The number of carbonyl (C=O) groups is 1. The van der Waals surface area contributed by atoms with Gasteiger partial charge in [-0.2, -0.15) is 0 Å². The molecule has 3 heteroatoms. The average Bonchev–Trinajstić information content (AvgIpc) is 2.57. The first-order valence-corrected chi connectivity index (χ1v) is 14.6. The smallest absolute Gasteiger partial charge is 0.292 e. The topological polar surface area (TPSA) is 26.3 Å². The van der Waals surface area contributed by atoms with Gasteiger partial charge < -0.3 is 4.43 Å². The maximum atomic E-state index is 11.9. The molecule has 0 aliphatic rings. The molecule has 0 bridgehead atoms. The summed E-state index contributed by atoms with van der Waals surface area (Å²) in [5.41, 5.74) is 0.493. The van der Waals surface area contributed by atoms with Gasteiger partial charge in [-0.05, 0) is 25.1 Å². The summed E-state index contributed by atoms with van der Waals surface area (Å²) in [5.74, 6) is 0.0325. The molecule has 2 nitrogen and oxygen atoms in total. The molecule has 0 saturated carbocycles. The number of hydrogen-bond donors (Lipinski definition) is 0. The highest BCUT2D eigenvalue weighted by Gasteiger charge is 2.30. The average molecular weight is 385 g/mol. The van der Waals surface area contributed by atoms with Crippen molar-refractivity contribution in [3.8, 4) is 0 Å². The van der Waals surface area contributed by atoms with Crippen molar-refractivity contribution in [1.29, 1.82) is 0 Å². The zero-order valence-corrected chi connectivity index (χ0v) is 19.7. The summed E-state index contributed by atoms with van der Waals surface area (Å²) in [6.07, 6.45) is 21.0. The van der Waals surface area contributed by atoms with E-state index in [1.54, 1.807) is 0 Å². The Kier molecular flexibility index (Phi) is 16.6. The highest BCUT2D eigenvalue weighted by molar-refractivity contribution is 6.73. The van der Waals surface area contributed by atoms with Gasteiger partial charge in [-0.1, -0.05) is 111 Å². The Hall–Kier alpha value is -0.313. The molecule has 0 saturated heterocycles. The lowest BCUT2D eigenvalue weighted by Crippen LogP contribution is -2.36. The molecule has 0 unspecified atom stereocenters. The number of carbonyl (C=O) groups excluding carboxylic acids is 1. The van der Waals surface area contributed by atoms with Crippen LogP contribution in [0.5, 0.6) is 0 Å². The van der Waals surface area contributed by atoms with Gasteiger partial charge >= 0.3 is 0 Å². The summed E-state index contributed by atoms with van der Waals surface area (Å²) >= 11 is 0. The van der Waals surface area contributed by atoms with E-state index in [4.69, 9.17) is 4.43 Å². The zero-order chi connectivity index (χ0) is 19.7. The summed E-state index contributed by atoms with van der Waals surface area (Å²) in [6.45, 7) is 10.9. The second-order valence-corrected chi connectivity index (χ2v) is 13.5. The summed E-state index contributed by atoms with van der Waals surface area (Å²) in [4.78, 5) is 11.9. The van der Waals surface area contributed by atoms with Crippen LogP contribution in [0.3, 0.4) is 0 Å². The lowest BCUT2D eigenvalue weighted by molar-refractivity contribution is -0.135. The lowest BCUT2D eigenvalue weighted by atomic mass is 10.0. The highest BCUT2D eigenvalue weighted by atomic mass is 28.4. The van der Waals surface area contributed by atoms with Crippen LogP contribution in [-0.2, 0) is 9.22 Å². The van der Waals surface area contributed by atoms with Gasteiger partial charge in [0.25, 0.3) is 14.3 Å². The molecular formula is C23H48O2Si. The van der Waals surface area contributed by atoms with Crippen LogP contribution >= 0.6 is 0 Å². The van der Waals surface area contributed by atoms with E-state index in [0.717, 1.165) is 6.42 Å². The quantitative estimate of drug-likeness (QED) is 0.175. The predicted molar refractivity (Wildman–Crippen MR) is 118 cm³/mol. The minimum absolute atomic E-state index is 0.0325. The number of hydrogen-bond acceptors (Lipinski definition) is 2. The second kappa shape index (κ2) is 16.8. The van der Waals surface area contributed by atoms with Gasteiger partial charge in [0, 0.05) is 6.42 Å². The van der Waals surface area contributed by atoms with Crippen molar-refractivity contribution in [2.75, 3.05) is 0 Å². The fraction of sp³-hybridized carbons (Fsp3) is 0.957. The van der Waals surface area contributed by atoms with Crippen LogP contribution in [0.1, 0.15) is 124 Å². The van der Waals surface area contributed by atoms with Crippen LogP contribution in [0.2, 0.25) is 18.6 Å². The van der Waals surface area contributed by atoms with Gasteiger partial charge in [0.2, 0.25) is 0 Å². The Morgan fingerprint density at radius 2 is 1.04 bits per heavy atom. The third-order valence-corrected chi connectivity index (χ3v) is 9.29. The fourth-order valence-electron chi connectivity index (χ4n) is 3.10. The van der Waals surface area contributed by atoms with Gasteiger partial charge in [0.15, 0.2) is 0 Å². The molecule has 0 aliphatic heterocycles. The summed E-state index contributed by atoms with van der Waals surface area (Å²) < 4.78 is 5.72. The van der Waals surface area contributed by atoms with E-state index in [1.165, 1.54) is 89.9 Å². The first-order valence-electron chi connectivity index (χ1n) is 11.6. The minimum atomic E-state index is -1.80. The normalized spacial score (nSPS) is 11.9. The summed E-state index contributed by atoms with van der Waals surface area (Å²) in [7, 11) is -1.80. The Bertz CT molecular complexity index is 326. The molecule has 0 aromatic heterocycles. The maximum Gasteiger partial charge on any atom is 0.292 e. The second-order valence-electron chi connectivity index (χ2n) is 8.93. The van der Waals surface area contributed by atoms with E-state index >= 15 is 0 Å². The van der Waals surface area contributed by atoms with E-state index in [-0.39, 0.29) is 5.97 Å². The van der Waals surface area contributed by atoms with Crippen molar-refractivity contribution in [2.45, 2.75) is 142 Å². The van der Waals surface area contributed by atoms with E-state index in [0.29, 0.717) is 12.0 Å². The van der Waals surface area contributed by atoms with E-state index < -0.39 is 8.32 Å². The summed E-state index contributed by atoms with van der Waals surface area (Å²) in [6, 6.07) is 0. The van der Waals surface area contributed by atoms with Gasteiger partial charge in [0.1, 0.15) is 0 Å². The molecule has 0 amide bonds. The van der Waals surface area contributed by atoms with Crippen molar-refractivity contribution in [3.05, 3.63) is 0 Å². The van der Waals surface area contributed by atoms with Crippen molar-refractivity contribution < 1.29 is 9.22 Å². The molecule has 26 heavy (non-hydrogen) atoms. The molecule has 0 atom stereocenters. The molecule has 0 aliphatic carbocycles. The van der Waals surface area contributed by atoms with Crippen LogP contribution in [0.4, 0.5) is 0 Å². The van der Waals surface area contributed by atoms with E-state index in [2.05, 4.69) is 33.9 Å². The predicted octanol–water partition coefficient (Wildman–Crippen LogP) is 8.41. The Balaban J connectivity index is 3.28. The van der Waals surface area contributed by atoms with Crippen molar-refractivity contribution in [3.63, 3.8) is 0 Å². The van der Waals surface area contributed by atoms with Crippen LogP contribution in [0, 0.1) is 0 Å². The van der Waals surface area contributed by atoms with Crippen molar-refractivity contribution in [2.24, 2.45) is 0 Å². The van der Waals surface area contributed by atoms with E-state index in [1.807, 2.05) is 0 Å². The number of unbranched alkanes of at least 4 members (excludes halogenated alkanes) is 14. The first-order chi connectivity index (χ1) is 12.4. The van der Waals surface area contributed by atoms with Gasteiger partial charge in [0.05, 0.1) is 0 Å². The first kappa shape index (κ1) is 25.7. The fourth-order valence-corrected chi connectivity index (χ4v) is 4.03. The minimum Gasteiger partial charge on any atom is -0.519 e. The van der Waals surface area contributed by atoms with Crippen LogP contribution < -0.4 is 0 Å². The highest BCUT2D eigenvalue weighted by Crippen LogP contribution is 2.22. The maximum absolute atomic E-state index is 11.9. The van der Waals surface area contributed by atoms with Gasteiger partial charge in [-0.15, -0.1) is 0 Å². The molecule has 0 aromatic rings. The molecule has 0 spiro atoms. The molecule has 0 rings (SSSR count). The molecule has 0 fully saturated rings. The third kappa shape index (κ3) is 15.9. The molecule has 0 N–H and O–H groups in total. The van der Waals surface area contributed by atoms with Crippen molar-refractivity contribution in [1.82, 2.24) is 0 Å². The third-order valence-electron chi connectivity index (χ3n) is 5.75. The molecule has 0 heterocycles. The zero-order valence-electron chi connectivity index (χ0n) is 18.7. The van der Waals surface area contributed by atoms with Crippen LogP contribution in [-0.4, -0.2) is 14.3 Å². The molecule has 156 valence electrons. The van der Waals surface area contributed by atoms with Crippen LogP contribution in [0.25, 0.3) is 0 Å². The van der Waals surface area contributed by atoms with Gasteiger partial charge in [-0.3, -0.25) is 4.79 Å². The molecular weight excluding hydrogens is 336 g/mol. The van der Waals surface area contributed by atoms with Crippen LogP contribution in [0.15, 0.2) is 0 Å². The lowest BCUT2D eigenvalue weighted by Gasteiger charge is -2.26. The standard InChI is InChI=1S/C23H48O2Si/c1-6-7-8-9-10-11-12-13-14-15-16-17-18-19-20-21-23(24)25-26(4,5)22(2)3/h22H,6-21H2,1-5H3. The molecule has 0 radical (unpaired) electrons. The number of rotatable bonds is 18. The van der Waals surface area contributed by atoms with Crippen molar-refractivity contribution >= 4 is 14.3 Å².